The quantitative estimate of drug-likeness (QED) is 0.204. The predicted molar refractivity (Wildman–Crippen MR) is 159 cm³/mol. The maximum atomic E-state index is 12.6. The molecule has 0 N–H and O–H groups in total. The maximum Gasteiger partial charge on any atom is 0.237 e. The molecule has 6 heteroatoms. The van der Waals surface area contributed by atoms with Gasteiger partial charge in [0.25, 0.3) is 0 Å². The lowest BCUT2D eigenvalue weighted by molar-refractivity contribution is 0.0813. The standard InChI is InChI=1S/2C18H14O3/c2*1-9-4-3-5-12-11(9)6-7-13-15(12)17(20)16(19)14-10(2)8-21-18(13)14/h4,6-8H,3,5H2,1-2H3;6-8H,1,3-5H2,2H3. The van der Waals surface area contributed by atoms with Crippen LogP contribution in [0.1, 0.15) is 101 Å². The lowest BCUT2D eigenvalue weighted by atomic mass is 9.78. The zero-order valence-electron chi connectivity index (χ0n) is 23.7. The lowest BCUT2D eigenvalue weighted by Crippen LogP contribution is -2.24. The molecule has 8 rings (SSSR count). The first-order valence-corrected chi connectivity index (χ1v) is 14.2. The first kappa shape index (κ1) is 26.1. The van der Waals surface area contributed by atoms with Gasteiger partial charge in [-0.15, -0.1) is 0 Å². The van der Waals surface area contributed by atoms with Crippen LogP contribution in [0.25, 0.3) is 33.8 Å². The molecule has 6 nitrogen and oxygen atoms in total. The van der Waals surface area contributed by atoms with Crippen molar-refractivity contribution in [1.29, 1.82) is 0 Å². The number of rotatable bonds is 0. The van der Waals surface area contributed by atoms with Crippen LogP contribution in [0.5, 0.6) is 0 Å². The van der Waals surface area contributed by atoms with Crippen molar-refractivity contribution in [3.05, 3.63) is 105 Å². The summed E-state index contributed by atoms with van der Waals surface area (Å²) in [5, 5.41) is 0. The van der Waals surface area contributed by atoms with Gasteiger partial charge >= 0.3 is 0 Å². The molecule has 0 unspecified atom stereocenters. The van der Waals surface area contributed by atoms with Crippen molar-refractivity contribution in [1.82, 2.24) is 0 Å². The van der Waals surface area contributed by atoms with Gasteiger partial charge in [-0.3, -0.25) is 19.2 Å². The minimum absolute atomic E-state index is 0.395. The Morgan fingerprint density at radius 2 is 1.07 bits per heavy atom. The van der Waals surface area contributed by atoms with Gasteiger partial charge in [-0.1, -0.05) is 24.8 Å². The summed E-state index contributed by atoms with van der Waals surface area (Å²) in [5.41, 5.74) is 11.1. The van der Waals surface area contributed by atoms with Crippen molar-refractivity contribution < 1.29 is 28.0 Å². The Morgan fingerprint density at radius 1 is 0.595 bits per heavy atom. The monoisotopic (exact) mass is 556 g/mol. The number of hydrogen-bond acceptors (Lipinski definition) is 6. The molecular weight excluding hydrogens is 528 g/mol. The number of Topliss-reactive ketones (excluding diaryl/α,β-unsaturated/α-hetero) is 4. The average Bonchev–Trinajstić information content (AvgIpc) is 3.57. The molecule has 0 atom stereocenters. The van der Waals surface area contributed by atoms with Crippen molar-refractivity contribution in [2.75, 3.05) is 0 Å². The van der Waals surface area contributed by atoms with E-state index in [0.717, 1.165) is 82.2 Å². The summed E-state index contributed by atoms with van der Waals surface area (Å²) in [6, 6.07) is 7.82. The summed E-state index contributed by atoms with van der Waals surface area (Å²) in [6.07, 6.45) is 9.69. The number of ketones is 4. The molecular formula is C36H28O6. The second kappa shape index (κ2) is 9.35. The number of hydrogen-bond donors (Lipinski definition) is 0. The second-order valence-electron chi connectivity index (χ2n) is 11.5. The topological polar surface area (TPSA) is 94.6 Å². The molecule has 42 heavy (non-hydrogen) atoms. The van der Waals surface area contributed by atoms with E-state index in [4.69, 9.17) is 8.83 Å². The molecule has 0 aliphatic heterocycles. The normalized spacial score (nSPS) is 16.4. The molecule has 4 aliphatic rings. The van der Waals surface area contributed by atoms with E-state index in [-0.39, 0.29) is 0 Å². The van der Waals surface area contributed by atoms with E-state index in [1.54, 1.807) is 26.4 Å². The smallest absolute Gasteiger partial charge is 0.237 e. The molecule has 0 spiro atoms. The van der Waals surface area contributed by atoms with E-state index < -0.39 is 23.1 Å². The lowest BCUT2D eigenvalue weighted by Gasteiger charge is -2.24. The van der Waals surface area contributed by atoms with Gasteiger partial charge in [0.1, 0.15) is 11.5 Å². The zero-order chi connectivity index (χ0) is 29.4. The largest absolute Gasteiger partial charge is 0.463 e. The molecule has 208 valence electrons. The van der Waals surface area contributed by atoms with Crippen molar-refractivity contribution in [2.24, 2.45) is 0 Å². The van der Waals surface area contributed by atoms with Crippen LogP contribution in [0.3, 0.4) is 0 Å². The van der Waals surface area contributed by atoms with Crippen molar-refractivity contribution in [3.8, 4) is 22.6 Å². The van der Waals surface area contributed by atoms with Crippen LogP contribution >= 0.6 is 0 Å². The van der Waals surface area contributed by atoms with E-state index in [2.05, 4.69) is 12.7 Å². The summed E-state index contributed by atoms with van der Waals surface area (Å²) in [4.78, 5) is 50.0. The van der Waals surface area contributed by atoms with Gasteiger partial charge in [0.05, 0.1) is 23.7 Å². The summed E-state index contributed by atoms with van der Waals surface area (Å²) >= 11 is 0. The number of furan rings is 2. The number of carbonyl (C=O) groups is 4. The second-order valence-corrected chi connectivity index (χ2v) is 11.5. The van der Waals surface area contributed by atoms with Crippen molar-refractivity contribution in [2.45, 2.75) is 52.9 Å². The molecule has 4 aromatic rings. The van der Waals surface area contributed by atoms with Crippen molar-refractivity contribution >= 4 is 34.3 Å². The fraction of sp³-hybridized carbons (Fsp3) is 0.222. The Hall–Kier alpha value is -4.84. The first-order valence-electron chi connectivity index (χ1n) is 14.2. The number of fused-ring (bicyclic) bond motifs is 10. The molecule has 2 aromatic carbocycles. The van der Waals surface area contributed by atoms with Gasteiger partial charge in [-0.2, -0.15) is 0 Å². The van der Waals surface area contributed by atoms with Gasteiger partial charge in [-0.05, 0) is 110 Å². The number of aryl methyl sites for hydroxylation is 2. The third kappa shape index (κ3) is 3.57. The SMILES string of the molecule is C=C1CCCc2c1ccc1c2C(=O)C(=O)c2c(C)coc2-1.CC1=CCCc2c1ccc1c2C(=O)C(=O)c2c(C)coc2-1. The molecule has 0 radical (unpaired) electrons. The highest BCUT2D eigenvalue weighted by Gasteiger charge is 2.38. The van der Waals surface area contributed by atoms with E-state index in [9.17, 15) is 19.2 Å². The van der Waals surface area contributed by atoms with E-state index in [0.29, 0.717) is 33.8 Å². The summed E-state index contributed by atoms with van der Waals surface area (Å²) < 4.78 is 11.1. The number of carbonyl (C=O) groups excluding carboxylic acids is 4. The third-order valence-electron chi connectivity index (χ3n) is 8.94. The van der Waals surface area contributed by atoms with Crippen LogP contribution in [0.2, 0.25) is 0 Å². The average molecular weight is 557 g/mol. The molecule has 0 saturated carbocycles. The van der Waals surface area contributed by atoms with Crippen LogP contribution in [-0.4, -0.2) is 23.1 Å². The summed E-state index contributed by atoms with van der Waals surface area (Å²) in [6.45, 7) is 9.71. The number of allylic oxidation sites excluding steroid dienone is 3. The molecule has 0 bridgehead atoms. The van der Waals surface area contributed by atoms with Crippen LogP contribution in [0.4, 0.5) is 0 Å². The first-order chi connectivity index (χ1) is 20.2. The van der Waals surface area contributed by atoms with Crippen LogP contribution in [0, 0.1) is 13.8 Å². The fourth-order valence-electron chi connectivity index (χ4n) is 6.87. The predicted octanol–water partition coefficient (Wildman–Crippen LogP) is 7.97. The van der Waals surface area contributed by atoms with Gasteiger partial charge in [-0.25, -0.2) is 0 Å². The van der Waals surface area contributed by atoms with E-state index >= 15 is 0 Å². The van der Waals surface area contributed by atoms with Crippen LogP contribution < -0.4 is 0 Å². The fourth-order valence-corrected chi connectivity index (χ4v) is 6.87. The highest BCUT2D eigenvalue weighted by Crippen LogP contribution is 2.43. The highest BCUT2D eigenvalue weighted by molar-refractivity contribution is 6.54. The molecule has 0 amide bonds. The molecule has 0 fully saturated rings. The van der Waals surface area contributed by atoms with E-state index in [1.165, 1.54) is 5.57 Å². The summed E-state index contributed by atoms with van der Waals surface area (Å²) in [7, 11) is 0. The zero-order valence-corrected chi connectivity index (χ0v) is 23.7. The van der Waals surface area contributed by atoms with Gasteiger partial charge in [0.2, 0.25) is 23.1 Å². The minimum Gasteiger partial charge on any atom is -0.463 e. The minimum atomic E-state index is -0.451. The van der Waals surface area contributed by atoms with Gasteiger partial charge in [0, 0.05) is 22.3 Å². The van der Waals surface area contributed by atoms with Gasteiger partial charge < -0.3 is 8.83 Å². The highest BCUT2D eigenvalue weighted by atomic mass is 16.3. The Bertz CT molecular complexity index is 1890. The maximum absolute atomic E-state index is 12.6. The van der Waals surface area contributed by atoms with Crippen LogP contribution in [-0.2, 0) is 12.8 Å². The van der Waals surface area contributed by atoms with Gasteiger partial charge in [0.15, 0.2) is 0 Å². The molecule has 0 saturated heterocycles. The molecule has 4 aliphatic carbocycles. The Morgan fingerprint density at radius 3 is 1.64 bits per heavy atom. The Balaban J connectivity index is 0.000000137. The molecule has 2 aromatic heterocycles. The Labute approximate surface area is 242 Å². The van der Waals surface area contributed by atoms with E-state index in [1.807, 2.05) is 31.2 Å². The third-order valence-corrected chi connectivity index (χ3v) is 8.94. The Kier molecular flexibility index (Phi) is 5.80. The summed E-state index contributed by atoms with van der Waals surface area (Å²) in [5.74, 6) is -0.618. The van der Waals surface area contributed by atoms with Crippen LogP contribution in [0.15, 0.2) is 58.3 Å². The number of benzene rings is 2. The molecule has 2 heterocycles. The van der Waals surface area contributed by atoms with Crippen molar-refractivity contribution in [3.63, 3.8) is 0 Å².